The van der Waals surface area contributed by atoms with Gasteiger partial charge >= 0.3 is 12.3 Å². The first-order valence-corrected chi connectivity index (χ1v) is 9.10. The fraction of sp³-hybridized carbons (Fsp3) is 0.550. The topological polar surface area (TPSA) is 32.8 Å². The lowest BCUT2D eigenvalue weighted by molar-refractivity contribution is -0.137. The largest absolute Gasteiger partial charge is 0.416 e. The Hall–Kier alpha value is -2.02. The number of rotatable bonds is 5. The molecule has 1 aromatic rings. The molecule has 2 rings (SSSR count). The van der Waals surface area contributed by atoms with Crippen LogP contribution in [0.4, 0.5) is 18.0 Å². The van der Waals surface area contributed by atoms with Gasteiger partial charge in [-0.05, 0) is 70.0 Å². The molecular formula is C20H27F3N2O2. The van der Waals surface area contributed by atoms with Crippen LogP contribution in [-0.2, 0) is 6.18 Å². The number of amides is 1. The Kier molecular flexibility index (Phi) is 7.30. The first kappa shape index (κ1) is 21.3. The molecule has 0 atom stereocenters. The molecule has 1 aromatic carbocycles. The van der Waals surface area contributed by atoms with Crippen LogP contribution in [0.15, 0.2) is 36.4 Å². The van der Waals surface area contributed by atoms with Gasteiger partial charge in [0, 0.05) is 19.6 Å². The Morgan fingerprint density at radius 3 is 2.22 bits per heavy atom. The Balaban J connectivity index is 1.83. The van der Waals surface area contributed by atoms with Gasteiger partial charge in [-0.2, -0.15) is 13.2 Å². The van der Waals surface area contributed by atoms with Crippen LogP contribution in [0.3, 0.4) is 0 Å². The minimum atomic E-state index is -4.40. The Morgan fingerprint density at radius 2 is 1.70 bits per heavy atom. The highest BCUT2D eigenvalue weighted by Crippen LogP contribution is 2.31. The average Bonchev–Trinajstić information content (AvgIpc) is 2.61. The maximum Gasteiger partial charge on any atom is 0.416 e. The standard InChI is InChI=1S/C20H27F3N2O2/c1-24(2)14-4-5-15-6-10-17(11-7-15)25(3)19(26)27-18-12-8-16(9-13-18)20(21,22)23/h4-5,8-9,12-13,15,17H,6-7,10-11,14H2,1-3H3/t15-,17-. The minimum absolute atomic E-state index is 0.0884. The number of alkyl halides is 3. The van der Waals surface area contributed by atoms with Gasteiger partial charge < -0.3 is 14.5 Å². The van der Waals surface area contributed by atoms with Crippen LogP contribution in [0, 0.1) is 5.92 Å². The summed E-state index contributed by atoms with van der Waals surface area (Å²) in [6.07, 6.45) is 3.26. The summed E-state index contributed by atoms with van der Waals surface area (Å²) in [6.45, 7) is 0.916. The SMILES string of the molecule is CN(C)CC=C[C@H]1CC[C@H](N(C)C(=O)Oc2ccc(C(F)(F)F)cc2)CC1. The predicted octanol–water partition coefficient (Wildman–Crippen LogP) is 4.81. The summed E-state index contributed by atoms with van der Waals surface area (Å²) in [5.41, 5.74) is -0.767. The molecule has 27 heavy (non-hydrogen) atoms. The fourth-order valence-electron chi connectivity index (χ4n) is 3.18. The molecule has 0 heterocycles. The predicted molar refractivity (Wildman–Crippen MR) is 98.7 cm³/mol. The fourth-order valence-corrected chi connectivity index (χ4v) is 3.18. The second kappa shape index (κ2) is 9.26. The second-order valence-corrected chi connectivity index (χ2v) is 7.26. The van der Waals surface area contributed by atoms with E-state index in [1.165, 1.54) is 12.1 Å². The number of hydrogen-bond donors (Lipinski definition) is 0. The van der Waals surface area contributed by atoms with E-state index in [1.54, 1.807) is 11.9 Å². The first-order chi connectivity index (χ1) is 12.7. The Labute approximate surface area is 158 Å². The normalized spacial score (nSPS) is 20.9. The van der Waals surface area contributed by atoms with Crippen LogP contribution < -0.4 is 4.74 Å². The van der Waals surface area contributed by atoms with E-state index in [1.807, 2.05) is 14.1 Å². The molecule has 4 nitrogen and oxygen atoms in total. The van der Waals surface area contributed by atoms with E-state index in [0.717, 1.165) is 44.4 Å². The maximum atomic E-state index is 12.6. The molecule has 0 aromatic heterocycles. The lowest BCUT2D eigenvalue weighted by Gasteiger charge is -2.33. The molecule has 1 fully saturated rings. The molecular weight excluding hydrogens is 357 g/mol. The number of likely N-dealkylation sites (N-methyl/N-ethyl adjacent to an activating group) is 1. The summed E-state index contributed by atoms with van der Waals surface area (Å²) in [4.78, 5) is 15.9. The van der Waals surface area contributed by atoms with Gasteiger partial charge in [0.25, 0.3) is 0 Å². The summed E-state index contributed by atoms with van der Waals surface area (Å²) in [6, 6.07) is 4.24. The third-order valence-electron chi connectivity index (χ3n) is 4.84. The van der Waals surface area contributed by atoms with Crippen molar-refractivity contribution in [3.63, 3.8) is 0 Å². The van der Waals surface area contributed by atoms with Crippen molar-refractivity contribution in [2.45, 2.75) is 37.9 Å². The van der Waals surface area contributed by atoms with E-state index < -0.39 is 17.8 Å². The Bertz CT molecular complexity index is 634. The van der Waals surface area contributed by atoms with E-state index in [2.05, 4.69) is 17.1 Å². The molecule has 0 spiro atoms. The van der Waals surface area contributed by atoms with E-state index in [4.69, 9.17) is 4.74 Å². The monoisotopic (exact) mass is 384 g/mol. The average molecular weight is 384 g/mol. The minimum Gasteiger partial charge on any atom is -0.410 e. The highest BCUT2D eigenvalue weighted by Gasteiger charge is 2.30. The number of carbonyl (C=O) groups is 1. The van der Waals surface area contributed by atoms with Gasteiger partial charge in [-0.15, -0.1) is 0 Å². The van der Waals surface area contributed by atoms with Crippen LogP contribution in [0.1, 0.15) is 31.2 Å². The second-order valence-electron chi connectivity index (χ2n) is 7.26. The summed E-state index contributed by atoms with van der Waals surface area (Å²) in [7, 11) is 5.73. The summed E-state index contributed by atoms with van der Waals surface area (Å²) in [5.74, 6) is 0.640. The number of halogens is 3. The molecule has 0 radical (unpaired) electrons. The van der Waals surface area contributed by atoms with Crippen LogP contribution in [-0.4, -0.2) is 49.6 Å². The van der Waals surface area contributed by atoms with Crippen molar-refractivity contribution in [1.82, 2.24) is 9.80 Å². The molecule has 1 amide bonds. The van der Waals surface area contributed by atoms with Crippen molar-refractivity contribution in [2.75, 3.05) is 27.7 Å². The van der Waals surface area contributed by atoms with E-state index >= 15 is 0 Å². The van der Waals surface area contributed by atoms with Crippen molar-refractivity contribution >= 4 is 6.09 Å². The Morgan fingerprint density at radius 1 is 1.11 bits per heavy atom. The summed E-state index contributed by atoms with van der Waals surface area (Å²) >= 11 is 0. The molecule has 0 aliphatic heterocycles. The number of allylic oxidation sites excluding steroid dienone is 1. The van der Waals surface area contributed by atoms with Crippen molar-refractivity contribution in [3.05, 3.63) is 42.0 Å². The molecule has 1 aliphatic carbocycles. The zero-order valence-electron chi connectivity index (χ0n) is 16.0. The molecule has 1 saturated carbocycles. The van der Waals surface area contributed by atoms with Crippen LogP contribution in [0.2, 0.25) is 0 Å². The van der Waals surface area contributed by atoms with Gasteiger partial charge in [-0.25, -0.2) is 4.79 Å². The highest BCUT2D eigenvalue weighted by atomic mass is 19.4. The van der Waals surface area contributed by atoms with Gasteiger partial charge in [-0.1, -0.05) is 12.2 Å². The van der Waals surface area contributed by atoms with Crippen LogP contribution in [0.25, 0.3) is 0 Å². The van der Waals surface area contributed by atoms with Crippen LogP contribution in [0.5, 0.6) is 5.75 Å². The molecule has 7 heteroatoms. The molecule has 0 saturated heterocycles. The van der Waals surface area contributed by atoms with Crippen molar-refractivity contribution in [3.8, 4) is 5.75 Å². The van der Waals surface area contributed by atoms with Gasteiger partial charge in [0.05, 0.1) is 5.56 Å². The lowest BCUT2D eigenvalue weighted by Crippen LogP contribution is -2.40. The molecule has 0 N–H and O–H groups in total. The smallest absolute Gasteiger partial charge is 0.410 e. The maximum absolute atomic E-state index is 12.6. The van der Waals surface area contributed by atoms with Gasteiger partial charge in [0.2, 0.25) is 0 Å². The third-order valence-corrected chi connectivity index (χ3v) is 4.84. The summed E-state index contributed by atoms with van der Waals surface area (Å²) in [5, 5.41) is 0. The van der Waals surface area contributed by atoms with Crippen molar-refractivity contribution < 1.29 is 22.7 Å². The first-order valence-electron chi connectivity index (χ1n) is 9.10. The van der Waals surface area contributed by atoms with E-state index in [-0.39, 0.29) is 11.8 Å². The number of nitrogens with zero attached hydrogens (tertiary/aromatic N) is 2. The quantitative estimate of drug-likeness (QED) is 0.683. The van der Waals surface area contributed by atoms with Gasteiger partial charge in [-0.3, -0.25) is 0 Å². The third kappa shape index (κ3) is 6.57. The molecule has 1 aliphatic rings. The molecule has 0 bridgehead atoms. The number of ether oxygens (including phenoxy) is 1. The lowest BCUT2D eigenvalue weighted by atomic mass is 9.85. The van der Waals surface area contributed by atoms with Crippen LogP contribution >= 0.6 is 0 Å². The zero-order valence-corrected chi connectivity index (χ0v) is 16.0. The summed E-state index contributed by atoms with van der Waals surface area (Å²) < 4.78 is 43.0. The molecule has 150 valence electrons. The molecule has 0 unspecified atom stereocenters. The van der Waals surface area contributed by atoms with Gasteiger partial charge in [0.1, 0.15) is 5.75 Å². The van der Waals surface area contributed by atoms with Gasteiger partial charge in [0.15, 0.2) is 0 Å². The van der Waals surface area contributed by atoms with E-state index in [0.29, 0.717) is 5.92 Å². The highest BCUT2D eigenvalue weighted by molar-refractivity contribution is 5.70. The van der Waals surface area contributed by atoms with Crippen molar-refractivity contribution in [1.29, 1.82) is 0 Å². The number of benzene rings is 1. The number of carbonyl (C=O) groups excluding carboxylic acids is 1. The zero-order chi connectivity index (χ0) is 20.0. The van der Waals surface area contributed by atoms with E-state index in [9.17, 15) is 18.0 Å². The van der Waals surface area contributed by atoms with Crippen molar-refractivity contribution in [2.24, 2.45) is 5.92 Å². The number of hydrogen-bond acceptors (Lipinski definition) is 3.